The topological polar surface area (TPSA) is 35.5 Å². The number of rotatable bonds is 15. The third-order valence-electron chi connectivity index (χ3n) is 4.56. The van der Waals surface area contributed by atoms with Gasteiger partial charge in [-0.2, -0.15) is 0 Å². The Kier molecular flexibility index (Phi) is 12.7. The zero-order valence-electron chi connectivity index (χ0n) is 16.2. The van der Waals surface area contributed by atoms with Crippen LogP contribution in [0.15, 0.2) is 24.3 Å². The molecule has 0 amide bonds. The summed E-state index contributed by atoms with van der Waals surface area (Å²) in [7, 11) is 1.57. The number of benzene rings is 1. The molecular formula is C22H36O3. The lowest BCUT2D eigenvalue weighted by atomic mass is 10.1. The number of hydrogen-bond acceptors (Lipinski definition) is 3. The van der Waals surface area contributed by atoms with Gasteiger partial charge < -0.3 is 9.47 Å². The fourth-order valence-corrected chi connectivity index (χ4v) is 3.00. The van der Waals surface area contributed by atoms with Gasteiger partial charge in [0, 0.05) is 0 Å². The van der Waals surface area contributed by atoms with E-state index < -0.39 is 0 Å². The minimum atomic E-state index is -0.291. The van der Waals surface area contributed by atoms with E-state index in [1.165, 1.54) is 64.2 Å². The van der Waals surface area contributed by atoms with Crippen LogP contribution < -0.4 is 4.74 Å². The molecule has 0 fully saturated rings. The van der Waals surface area contributed by atoms with Crippen LogP contribution in [-0.2, 0) is 4.74 Å². The van der Waals surface area contributed by atoms with Gasteiger partial charge >= 0.3 is 5.97 Å². The Labute approximate surface area is 154 Å². The van der Waals surface area contributed by atoms with E-state index in [-0.39, 0.29) is 5.97 Å². The van der Waals surface area contributed by atoms with Gasteiger partial charge in [0.2, 0.25) is 0 Å². The molecule has 1 aromatic carbocycles. The number of ether oxygens (including phenoxy) is 2. The maximum absolute atomic E-state index is 12.0. The van der Waals surface area contributed by atoms with E-state index in [1.54, 1.807) is 19.2 Å². The molecule has 1 rings (SSSR count). The average Bonchev–Trinajstić information content (AvgIpc) is 2.65. The van der Waals surface area contributed by atoms with E-state index in [2.05, 4.69) is 6.92 Å². The summed E-state index contributed by atoms with van der Waals surface area (Å²) in [6.07, 6.45) is 15.7. The summed E-state index contributed by atoms with van der Waals surface area (Å²) in [6, 6.07) is 7.19. The summed E-state index contributed by atoms with van der Waals surface area (Å²) >= 11 is 0. The highest BCUT2D eigenvalue weighted by atomic mass is 16.5. The van der Waals surface area contributed by atoms with Gasteiger partial charge in [0.15, 0.2) is 0 Å². The van der Waals surface area contributed by atoms with Crippen molar-refractivity contribution in [1.29, 1.82) is 0 Å². The third-order valence-corrected chi connectivity index (χ3v) is 4.56. The molecule has 0 saturated carbocycles. The molecule has 1 aromatic rings. The Morgan fingerprint density at radius 1 is 0.800 bits per heavy atom. The van der Waals surface area contributed by atoms with Crippen molar-refractivity contribution in [3.8, 4) is 5.75 Å². The fraction of sp³-hybridized carbons (Fsp3) is 0.682. The number of carbonyl (C=O) groups excluding carboxylic acids is 1. The van der Waals surface area contributed by atoms with E-state index >= 15 is 0 Å². The highest BCUT2D eigenvalue weighted by Gasteiger charge is 2.12. The number of hydrogen-bond donors (Lipinski definition) is 0. The zero-order chi connectivity index (χ0) is 18.2. The predicted octanol–water partition coefficient (Wildman–Crippen LogP) is 6.55. The largest absolute Gasteiger partial charge is 0.496 e. The first-order chi connectivity index (χ1) is 12.3. The summed E-state index contributed by atoms with van der Waals surface area (Å²) in [5.74, 6) is 0.280. The summed E-state index contributed by atoms with van der Waals surface area (Å²) < 4.78 is 10.5. The zero-order valence-corrected chi connectivity index (χ0v) is 16.2. The Balaban J connectivity index is 1.94. The molecule has 3 heteroatoms. The van der Waals surface area contributed by atoms with Crippen molar-refractivity contribution in [1.82, 2.24) is 0 Å². The first-order valence-corrected chi connectivity index (χ1v) is 10.1. The number of esters is 1. The van der Waals surface area contributed by atoms with Crippen molar-refractivity contribution in [3.05, 3.63) is 29.8 Å². The molecule has 0 bridgehead atoms. The molecule has 0 aliphatic carbocycles. The molecule has 3 nitrogen and oxygen atoms in total. The van der Waals surface area contributed by atoms with Crippen molar-refractivity contribution >= 4 is 5.97 Å². The quantitative estimate of drug-likeness (QED) is 0.266. The molecule has 0 heterocycles. The number of carbonyl (C=O) groups is 1. The third kappa shape index (κ3) is 10.2. The smallest absolute Gasteiger partial charge is 0.341 e. The summed E-state index contributed by atoms with van der Waals surface area (Å²) in [6.45, 7) is 2.76. The van der Waals surface area contributed by atoms with Crippen LogP contribution in [0.25, 0.3) is 0 Å². The van der Waals surface area contributed by atoms with Crippen molar-refractivity contribution in [2.75, 3.05) is 13.7 Å². The Morgan fingerprint density at radius 3 is 1.88 bits per heavy atom. The van der Waals surface area contributed by atoms with E-state index in [1.807, 2.05) is 12.1 Å². The molecule has 0 unspecified atom stereocenters. The number of para-hydroxylation sites is 1. The van der Waals surface area contributed by atoms with Crippen molar-refractivity contribution in [2.24, 2.45) is 0 Å². The second kappa shape index (κ2) is 14.8. The van der Waals surface area contributed by atoms with Gasteiger partial charge in [-0.15, -0.1) is 0 Å². The monoisotopic (exact) mass is 348 g/mol. The van der Waals surface area contributed by atoms with Crippen molar-refractivity contribution in [3.63, 3.8) is 0 Å². The molecule has 0 atom stereocenters. The second-order valence-electron chi connectivity index (χ2n) is 6.73. The number of unbranched alkanes of at least 4 members (excludes halogenated alkanes) is 11. The van der Waals surface area contributed by atoms with Crippen LogP contribution in [-0.4, -0.2) is 19.7 Å². The van der Waals surface area contributed by atoms with Gasteiger partial charge in [-0.1, -0.05) is 89.7 Å². The van der Waals surface area contributed by atoms with Crippen LogP contribution in [0.2, 0.25) is 0 Å². The first kappa shape index (κ1) is 21.5. The molecule has 0 spiro atoms. The van der Waals surface area contributed by atoms with Crippen LogP contribution in [0.1, 0.15) is 94.3 Å². The molecule has 0 radical (unpaired) electrons. The molecule has 0 N–H and O–H groups in total. The Morgan fingerprint density at radius 2 is 1.32 bits per heavy atom. The van der Waals surface area contributed by atoms with Crippen molar-refractivity contribution in [2.45, 2.75) is 84.0 Å². The predicted molar refractivity (Wildman–Crippen MR) is 104 cm³/mol. The molecule has 142 valence electrons. The molecule has 0 aliphatic rings. The van der Waals surface area contributed by atoms with E-state index in [0.29, 0.717) is 17.9 Å². The fourth-order valence-electron chi connectivity index (χ4n) is 3.00. The SMILES string of the molecule is CCCCCCCCCCCCCCOC(=O)c1ccccc1OC. The standard InChI is InChI=1S/C22H36O3/c1-3-4-5-6-7-8-9-10-11-12-13-16-19-25-22(23)20-17-14-15-18-21(20)24-2/h14-15,17-18H,3-13,16,19H2,1-2H3. The lowest BCUT2D eigenvalue weighted by molar-refractivity contribution is 0.0494. The molecule has 0 aromatic heterocycles. The summed E-state index contributed by atoms with van der Waals surface area (Å²) in [4.78, 5) is 12.0. The second-order valence-corrected chi connectivity index (χ2v) is 6.73. The molecule has 25 heavy (non-hydrogen) atoms. The normalized spacial score (nSPS) is 10.6. The van der Waals surface area contributed by atoms with Crippen LogP contribution in [0.5, 0.6) is 5.75 Å². The Bertz CT molecular complexity index is 456. The van der Waals surface area contributed by atoms with Crippen molar-refractivity contribution < 1.29 is 14.3 Å². The Hall–Kier alpha value is -1.51. The lowest BCUT2D eigenvalue weighted by Gasteiger charge is -2.08. The first-order valence-electron chi connectivity index (χ1n) is 10.1. The minimum Gasteiger partial charge on any atom is -0.496 e. The van der Waals surface area contributed by atoms with Gasteiger partial charge in [0.1, 0.15) is 11.3 Å². The van der Waals surface area contributed by atoms with Crippen LogP contribution in [0.4, 0.5) is 0 Å². The summed E-state index contributed by atoms with van der Waals surface area (Å²) in [5, 5.41) is 0. The van der Waals surface area contributed by atoms with Gasteiger partial charge in [-0.3, -0.25) is 0 Å². The molecule has 0 saturated heterocycles. The maximum Gasteiger partial charge on any atom is 0.341 e. The van der Waals surface area contributed by atoms with E-state index in [0.717, 1.165) is 12.8 Å². The van der Waals surface area contributed by atoms with Gasteiger partial charge in [0.05, 0.1) is 13.7 Å². The van der Waals surface area contributed by atoms with Gasteiger partial charge in [-0.25, -0.2) is 4.79 Å². The van der Waals surface area contributed by atoms with E-state index in [9.17, 15) is 4.79 Å². The minimum absolute atomic E-state index is 0.291. The molecule has 0 aliphatic heterocycles. The highest BCUT2D eigenvalue weighted by Crippen LogP contribution is 2.18. The molecular weight excluding hydrogens is 312 g/mol. The number of methoxy groups -OCH3 is 1. The van der Waals surface area contributed by atoms with E-state index in [4.69, 9.17) is 9.47 Å². The lowest BCUT2D eigenvalue weighted by Crippen LogP contribution is -2.08. The highest BCUT2D eigenvalue weighted by molar-refractivity contribution is 5.92. The van der Waals surface area contributed by atoms with Crippen LogP contribution in [0, 0.1) is 0 Å². The van der Waals surface area contributed by atoms with Gasteiger partial charge in [0.25, 0.3) is 0 Å². The van der Waals surface area contributed by atoms with Crippen LogP contribution in [0.3, 0.4) is 0 Å². The summed E-state index contributed by atoms with van der Waals surface area (Å²) in [5.41, 5.74) is 0.504. The van der Waals surface area contributed by atoms with Crippen LogP contribution >= 0.6 is 0 Å². The average molecular weight is 349 g/mol. The maximum atomic E-state index is 12.0. The van der Waals surface area contributed by atoms with Gasteiger partial charge in [-0.05, 0) is 18.6 Å².